The second-order valence-electron chi connectivity index (χ2n) is 6.49. The number of imide groups is 1. The van der Waals surface area contributed by atoms with Gasteiger partial charge in [0.2, 0.25) is 11.8 Å². The van der Waals surface area contributed by atoms with Crippen LogP contribution in [0.15, 0.2) is 18.2 Å². The van der Waals surface area contributed by atoms with Crippen LogP contribution in [0.3, 0.4) is 0 Å². The molecule has 1 aromatic rings. The third-order valence-electron chi connectivity index (χ3n) is 5.43. The predicted molar refractivity (Wildman–Crippen MR) is 94.9 cm³/mol. The van der Waals surface area contributed by atoms with Gasteiger partial charge in [-0.15, -0.1) is 0 Å². The summed E-state index contributed by atoms with van der Waals surface area (Å²) in [5, 5.41) is 9.28. The van der Waals surface area contributed by atoms with Gasteiger partial charge in [-0.25, -0.2) is 4.79 Å². The van der Waals surface area contributed by atoms with Crippen LogP contribution in [0, 0.1) is 23.7 Å². The number of rotatable bonds is 2. The third-order valence-corrected chi connectivity index (χ3v) is 8.96. The number of carbonyl (C=O) groups excluding carboxylic acids is 2. The molecule has 0 unspecified atom stereocenters. The van der Waals surface area contributed by atoms with Gasteiger partial charge in [0.25, 0.3) is 0 Å². The molecule has 4 rings (SSSR count). The first-order chi connectivity index (χ1) is 11.3. The minimum absolute atomic E-state index is 0.0756. The number of hydrogen-bond donors (Lipinski definition) is 1. The average Bonchev–Trinajstić information content (AvgIpc) is 3.13. The Kier molecular flexibility index (Phi) is 3.82. The van der Waals surface area contributed by atoms with Crippen LogP contribution in [-0.4, -0.2) is 32.5 Å². The van der Waals surface area contributed by atoms with Crippen molar-refractivity contribution in [1.29, 1.82) is 0 Å². The summed E-state index contributed by atoms with van der Waals surface area (Å²) in [6, 6.07) is 4.22. The molecule has 0 radical (unpaired) electrons. The van der Waals surface area contributed by atoms with Crippen molar-refractivity contribution in [3.05, 3.63) is 28.8 Å². The molecule has 1 heterocycles. The molecule has 0 spiro atoms. The first kappa shape index (κ1) is 16.5. The summed E-state index contributed by atoms with van der Waals surface area (Å²) in [6.45, 7) is 0. The van der Waals surface area contributed by atoms with Crippen LogP contribution in [0.5, 0.6) is 0 Å². The quantitative estimate of drug-likeness (QED) is 0.524. The van der Waals surface area contributed by atoms with Crippen molar-refractivity contribution in [2.45, 2.75) is 16.1 Å². The second-order valence-corrected chi connectivity index (χ2v) is 9.01. The summed E-state index contributed by atoms with van der Waals surface area (Å²) in [4.78, 5) is 38.5. The van der Waals surface area contributed by atoms with Gasteiger partial charge in [-0.3, -0.25) is 14.5 Å². The summed E-state index contributed by atoms with van der Waals surface area (Å²) >= 11 is 13.2. The molecule has 3 fully saturated rings. The van der Waals surface area contributed by atoms with E-state index < -0.39 is 5.97 Å². The molecule has 6 atom stereocenters. The summed E-state index contributed by atoms with van der Waals surface area (Å²) in [5.74, 6) is -2.08. The second kappa shape index (κ2) is 5.54. The molecule has 2 bridgehead atoms. The number of carboxylic acids is 1. The fourth-order valence-corrected chi connectivity index (χ4v) is 6.49. The van der Waals surface area contributed by atoms with Crippen molar-refractivity contribution in [3.8, 4) is 0 Å². The van der Waals surface area contributed by atoms with E-state index in [1.54, 1.807) is 0 Å². The van der Waals surface area contributed by atoms with Crippen LogP contribution in [0.1, 0.15) is 16.8 Å². The van der Waals surface area contributed by atoms with E-state index in [0.29, 0.717) is 0 Å². The lowest BCUT2D eigenvalue weighted by Gasteiger charge is -2.28. The molecule has 1 aromatic carbocycles. The van der Waals surface area contributed by atoms with E-state index in [1.165, 1.54) is 18.2 Å². The zero-order chi connectivity index (χ0) is 17.3. The van der Waals surface area contributed by atoms with Gasteiger partial charge in [0.1, 0.15) is 0 Å². The fraction of sp³-hybridized carbons (Fsp3) is 0.438. The van der Waals surface area contributed by atoms with E-state index in [1.807, 2.05) is 0 Å². The Bertz CT molecular complexity index is 753. The van der Waals surface area contributed by atoms with E-state index in [0.717, 1.165) is 11.3 Å². The zero-order valence-electron chi connectivity index (χ0n) is 12.2. The standard InChI is InChI=1S/C16H12Br2ClNO4/c17-12-7-4-8(13(12)18)11-10(7)14(21)20(15(11)22)5-1-2-9(19)6(3-5)16(23)24/h1-3,7-8,10-13H,4H2,(H,23,24)/t7-,8-,10-,11+,12+,13+/m1/s1. The fourth-order valence-electron chi connectivity index (χ4n) is 4.42. The van der Waals surface area contributed by atoms with E-state index in [2.05, 4.69) is 31.9 Å². The van der Waals surface area contributed by atoms with Crippen LogP contribution < -0.4 is 4.90 Å². The summed E-state index contributed by atoms with van der Waals surface area (Å²) < 4.78 is 0. The number of amides is 2. The number of anilines is 1. The normalized spacial score (nSPS) is 37.2. The molecule has 1 N–H and O–H groups in total. The van der Waals surface area contributed by atoms with Crippen molar-refractivity contribution in [3.63, 3.8) is 0 Å². The molecular weight excluding hydrogens is 465 g/mol. The average molecular weight is 478 g/mol. The highest BCUT2D eigenvalue weighted by molar-refractivity contribution is 9.12. The maximum atomic E-state index is 12.9. The lowest BCUT2D eigenvalue weighted by atomic mass is 9.81. The molecule has 126 valence electrons. The largest absolute Gasteiger partial charge is 0.478 e. The zero-order valence-corrected chi connectivity index (χ0v) is 16.1. The molecule has 5 nitrogen and oxygen atoms in total. The van der Waals surface area contributed by atoms with Crippen molar-refractivity contribution < 1.29 is 19.5 Å². The van der Waals surface area contributed by atoms with Crippen LogP contribution in [-0.2, 0) is 9.59 Å². The Hall–Kier alpha value is -0.920. The van der Waals surface area contributed by atoms with Gasteiger partial charge in [-0.05, 0) is 36.5 Å². The number of hydrogen-bond acceptors (Lipinski definition) is 3. The highest BCUT2D eigenvalue weighted by Gasteiger charge is 2.66. The van der Waals surface area contributed by atoms with Crippen molar-refractivity contribution in [2.75, 3.05) is 4.90 Å². The smallest absolute Gasteiger partial charge is 0.337 e. The number of halogens is 3. The Morgan fingerprint density at radius 1 is 1.12 bits per heavy atom. The third kappa shape index (κ3) is 2.07. The summed E-state index contributed by atoms with van der Waals surface area (Å²) in [5.41, 5.74) is 0.157. The first-order valence-corrected chi connectivity index (χ1v) is 9.72. The Morgan fingerprint density at radius 2 is 1.67 bits per heavy atom. The Morgan fingerprint density at radius 3 is 2.17 bits per heavy atom. The van der Waals surface area contributed by atoms with Gasteiger partial charge in [0.15, 0.2) is 0 Å². The molecule has 2 amide bonds. The summed E-state index contributed by atoms with van der Waals surface area (Å²) in [6.07, 6.45) is 0.855. The van der Waals surface area contributed by atoms with E-state index in [9.17, 15) is 19.5 Å². The molecule has 2 saturated carbocycles. The molecular formula is C16H12Br2ClNO4. The monoisotopic (exact) mass is 475 g/mol. The van der Waals surface area contributed by atoms with Crippen molar-refractivity contribution in [2.24, 2.45) is 23.7 Å². The topological polar surface area (TPSA) is 74.7 Å². The van der Waals surface area contributed by atoms with E-state index >= 15 is 0 Å². The lowest BCUT2D eigenvalue weighted by molar-refractivity contribution is -0.123. The molecule has 24 heavy (non-hydrogen) atoms. The minimum Gasteiger partial charge on any atom is -0.478 e. The molecule has 2 aliphatic carbocycles. The molecule has 0 aromatic heterocycles. The number of carbonyl (C=O) groups is 3. The lowest BCUT2D eigenvalue weighted by Crippen LogP contribution is -2.37. The SMILES string of the molecule is O=C(O)c1cc(N2C(=O)[C@@H]3[C@H]4C[C@@H]([C@H](Br)[C@H]4Br)[C@@H]3C2=O)ccc1Cl. The van der Waals surface area contributed by atoms with Crippen LogP contribution in [0.4, 0.5) is 5.69 Å². The number of aromatic carboxylic acids is 1. The molecule has 3 aliphatic rings. The van der Waals surface area contributed by atoms with Crippen LogP contribution >= 0.6 is 43.5 Å². The van der Waals surface area contributed by atoms with Crippen molar-refractivity contribution >= 4 is 66.9 Å². The molecule has 1 saturated heterocycles. The maximum Gasteiger partial charge on any atom is 0.337 e. The maximum absolute atomic E-state index is 12.9. The van der Waals surface area contributed by atoms with Crippen LogP contribution in [0.25, 0.3) is 0 Å². The number of alkyl halides is 2. The van der Waals surface area contributed by atoms with Crippen LogP contribution in [0.2, 0.25) is 5.02 Å². The Labute approximate surface area is 159 Å². The highest BCUT2D eigenvalue weighted by atomic mass is 79.9. The predicted octanol–water partition coefficient (Wildman–Crippen LogP) is 3.32. The number of nitrogens with zero attached hydrogens (tertiary/aromatic N) is 1. The molecule has 1 aliphatic heterocycles. The van der Waals surface area contributed by atoms with Crippen molar-refractivity contribution in [1.82, 2.24) is 0 Å². The number of carboxylic acid groups (broad SMARTS) is 1. The van der Waals surface area contributed by atoms with Gasteiger partial charge >= 0.3 is 5.97 Å². The highest BCUT2D eigenvalue weighted by Crippen LogP contribution is 2.60. The van der Waals surface area contributed by atoms with Gasteiger partial charge < -0.3 is 5.11 Å². The van der Waals surface area contributed by atoms with E-state index in [-0.39, 0.29) is 61.4 Å². The van der Waals surface area contributed by atoms with Gasteiger partial charge in [-0.1, -0.05) is 43.5 Å². The Balaban J connectivity index is 1.74. The van der Waals surface area contributed by atoms with Gasteiger partial charge in [0, 0.05) is 9.65 Å². The van der Waals surface area contributed by atoms with E-state index in [4.69, 9.17) is 11.6 Å². The summed E-state index contributed by atoms with van der Waals surface area (Å²) in [7, 11) is 0. The minimum atomic E-state index is -1.19. The molecule has 8 heteroatoms. The van der Waals surface area contributed by atoms with Gasteiger partial charge in [0.05, 0.1) is 28.1 Å². The number of benzene rings is 1. The van der Waals surface area contributed by atoms with Gasteiger partial charge in [-0.2, -0.15) is 0 Å². The number of fused-ring (bicyclic) bond motifs is 5. The first-order valence-electron chi connectivity index (χ1n) is 7.51.